The van der Waals surface area contributed by atoms with Crippen LogP contribution in [0.5, 0.6) is 0 Å². The largest absolute Gasteiger partial charge is 0.379 e. The Bertz CT molecular complexity index is 355. The van der Waals surface area contributed by atoms with Gasteiger partial charge >= 0.3 is 0 Å². The number of morpholine rings is 1. The van der Waals surface area contributed by atoms with Crippen molar-refractivity contribution in [3.63, 3.8) is 0 Å². The Balaban J connectivity index is 2.09. The van der Waals surface area contributed by atoms with Crippen molar-refractivity contribution in [3.8, 4) is 0 Å². The van der Waals surface area contributed by atoms with Gasteiger partial charge in [0.25, 0.3) is 0 Å². The summed E-state index contributed by atoms with van der Waals surface area (Å²) < 4.78 is 7.57. The number of imidazole rings is 1. The summed E-state index contributed by atoms with van der Waals surface area (Å²) in [6.07, 6.45) is 1.91. The summed E-state index contributed by atoms with van der Waals surface area (Å²) in [5, 5.41) is 0. The van der Waals surface area contributed by atoms with Crippen LogP contribution in [-0.4, -0.2) is 40.8 Å². The molecule has 1 fully saturated rings. The van der Waals surface area contributed by atoms with Gasteiger partial charge < -0.3 is 15.0 Å². The highest BCUT2D eigenvalue weighted by Gasteiger charge is 2.16. The molecular weight excluding hydrogens is 216 g/mol. The number of hydrogen-bond acceptors (Lipinski definition) is 4. The molecule has 1 atom stereocenters. The highest BCUT2D eigenvalue weighted by atomic mass is 16.5. The number of rotatable bonds is 4. The van der Waals surface area contributed by atoms with Crippen LogP contribution in [-0.2, 0) is 17.8 Å². The Hall–Kier alpha value is -0.910. The fourth-order valence-electron chi connectivity index (χ4n) is 2.24. The third-order valence-corrected chi connectivity index (χ3v) is 3.22. The van der Waals surface area contributed by atoms with Crippen molar-refractivity contribution < 1.29 is 4.74 Å². The lowest BCUT2D eigenvalue weighted by atomic mass is 10.2. The van der Waals surface area contributed by atoms with Gasteiger partial charge in [-0.1, -0.05) is 0 Å². The first-order chi connectivity index (χ1) is 8.22. The second kappa shape index (κ2) is 5.62. The standard InChI is InChI=1S/C12H22N4O/c1-3-16-11(10(2)13)8-14-12(16)9-15-4-6-17-7-5-15/h8,10H,3-7,9,13H2,1-2H3. The van der Waals surface area contributed by atoms with Gasteiger partial charge in [-0.25, -0.2) is 4.98 Å². The average Bonchev–Trinajstić information content (AvgIpc) is 2.73. The Kier molecular flexibility index (Phi) is 4.15. The van der Waals surface area contributed by atoms with E-state index in [0.29, 0.717) is 0 Å². The topological polar surface area (TPSA) is 56.3 Å². The molecule has 1 aromatic heterocycles. The van der Waals surface area contributed by atoms with E-state index in [0.717, 1.165) is 50.9 Å². The first kappa shape index (κ1) is 12.5. The molecule has 2 N–H and O–H groups in total. The quantitative estimate of drug-likeness (QED) is 0.841. The van der Waals surface area contributed by atoms with E-state index >= 15 is 0 Å². The molecule has 17 heavy (non-hydrogen) atoms. The Morgan fingerprint density at radius 2 is 2.18 bits per heavy atom. The van der Waals surface area contributed by atoms with E-state index in [9.17, 15) is 0 Å². The lowest BCUT2D eigenvalue weighted by Crippen LogP contribution is -2.36. The molecule has 2 rings (SSSR count). The maximum atomic E-state index is 5.94. The maximum absolute atomic E-state index is 5.94. The van der Waals surface area contributed by atoms with Crippen molar-refractivity contribution >= 4 is 0 Å². The lowest BCUT2D eigenvalue weighted by Gasteiger charge is -2.26. The minimum atomic E-state index is 0.0425. The van der Waals surface area contributed by atoms with Crippen molar-refractivity contribution in [1.82, 2.24) is 14.5 Å². The third kappa shape index (κ3) is 2.86. The van der Waals surface area contributed by atoms with E-state index in [1.807, 2.05) is 13.1 Å². The molecule has 1 aliphatic heterocycles. The molecule has 0 spiro atoms. The molecule has 2 heterocycles. The molecule has 5 heteroatoms. The second-order valence-corrected chi connectivity index (χ2v) is 4.52. The van der Waals surface area contributed by atoms with E-state index in [4.69, 9.17) is 10.5 Å². The van der Waals surface area contributed by atoms with Crippen LogP contribution >= 0.6 is 0 Å². The number of aromatic nitrogens is 2. The van der Waals surface area contributed by atoms with Gasteiger partial charge in [0.15, 0.2) is 0 Å². The third-order valence-electron chi connectivity index (χ3n) is 3.22. The van der Waals surface area contributed by atoms with Gasteiger partial charge in [0, 0.05) is 25.7 Å². The zero-order valence-electron chi connectivity index (χ0n) is 10.7. The molecule has 1 unspecified atom stereocenters. The monoisotopic (exact) mass is 238 g/mol. The van der Waals surface area contributed by atoms with Gasteiger partial charge in [-0.3, -0.25) is 4.90 Å². The zero-order valence-corrected chi connectivity index (χ0v) is 10.7. The second-order valence-electron chi connectivity index (χ2n) is 4.52. The van der Waals surface area contributed by atoms with Crippen molar-refractivity contribution in [2.24, 2.45) is 5.73 Å². The summed E-state index contributed by atoms with van der Waals surface area (Å²) in [5.74, 6) is 1.11. The molecule has 0 radical (unpaired) electrons. The van der Waals surface area contributed by atoms with Gasteiger partial charge in [0.2, 0.25) is 0 Å². The van der Waals surface area contributed by atoms with Crippen LogP contribution < -0.4 is 5.73 Å². The summed E-state index contributed by atoms with van der Waals surface area (Å²) in [4.78, 5) is 6.88. The molecule has 1 aromatic rings. The van der Waals surface area contributed by atoms with Gasteiger partial charge in [-0.05, 0) is 13.8 Å². The summed E-state index contributed by atoms with van der Waals surface area (Å²) in [6, 6.07) is 0.0425. The number of nitrogens with two attached hydrogens (primary N) is 1. The first-order valence-electron chi connectivity index (χ1n) is 6.32. The molecule has 1 aliphatic rings. The summed E-state index contributed by atoms with van der Waals surface area (Å²) in [7, 11) is 0. The van der Waals surface area contributed by atoms with Crippen molar-refractivity contribution in [2.45, 2.75) is 33.0 Å². The fraction of sp³-hybridized carbons (Fsp3) is 0.750. The van der Waals surface area contributed by atoms with Crippen LogP contribution in [0.3, 0.4) is 0 Å². The van der Waals surface area contributed by atoms with E-state index in [1.54, 1.807) is 0 Å². The highest BCUT2D eigenvalue weighted by molar-refractivity contribution is 5.09. The van der Waals surface area contributed by atoms with Crippen molar-refractivity contribution in [1.29, 1.82) is 0 Å². The summed E-state index contributed by atoms with van der Waals surface area (Å²) in [5.41, 5.74) is 7.06. The predicted molar refractivity (Wildman–Crippen MR) is 66.6 cm³/mol. The van der Waals surface area contributed by atoms with Crippen LogP contribution in [0.25, 0.3) is 0 Å². The normalized spacial score (nSPS) is 19.5. The Morgan fingerprint density at radius 1 is 1.47 bits per heavy atom. The minimum absolute atomic E-state index is 0.0425. The van der Waals surface area contributed by atoms with Gasteiger partial charge in [-0.2, -0.15) is 0 Å². The molecule has 96 valence electrons. The molecule has 0 saturated carbocycles. The number of hydrogen-bond donors (Lipinski definition) is 1. The van der Waals surface area contributed by atoms with E-state index in [-0.39, 0.29) is 6.04 Å². The van der Waals surface area contributed by atoms with Crippen LogP contribution in [0, 0.1) is 0 Å². The van der Waals surface area contributed by atoms with Gasteiger partial charge in [0.1, 0.15) is 5.82 Å². The van der Waals surface area contributed by atoms with Crippen LogP contribution in [0.4, 0.5) is 0 Å². The smallest absolute Gasteiger partial charge is 0.123 e. The molecule has 0 aliphatic carbocycles. The molecule has 5 nitrogen and oxygen atoms in total. The molecule has 0 aromatic carbocycles. The summed E-state index contributed by atoms with van der Waals surface area (Å²) >= 11 is 0. The average molecular weight is 238 g/mol. The number of nitrogens with zero attached hydrogens (tertiary/aromatic N) is 3. The molecule has 0 bridgehead atoms. The molecular formula is C12H22N4O. The van der Waals surface area contributed by atoms with Crippen LogP contribution in [0.2, 0.25) is 0 Å². The van der Waals surface area contributed by atoms with E-state index in [1.165, 1.54) is 0 Å². The van der Waals surface area contributed by atoms with Crippen molar-refractivity contribution in [3.05, 3.63) is 17.7 Å². The van der Waals surface area contributed by atoms with E-state index < -0.39 is 0 Å². The Labute approximate surface area is 103 Å². The van der Waals surface area contributed by atoms with Gasteiger partial charge in [0.05, 0.1) is 31.6 Å². The van der Waals surface area contributed by atoms with Gasteiger partial charge in [-0.15, -0.1) is 0 Å². The van der Waals surface area contributed by atoms with Crippen LogP contribution in [0.15, 0.2) is 6.20 Å². The highest BCUT2D eigenvalue weighted by Crippen LogP contribution is 2.14. The zero-order chi connectivity index (χ0) is 12.3. The van der Waals surface area contributed by atoms with Crippen molar-refractivity contribution in [2.75, 3.05) is 26.3 Å². The first-order valence-corrected chi connectivity index (χ1v) is 6.32. The summed E-state index contributed by atoms with van der Waals surface area (Å²) in [6.45, 7) is 9.59. The van der Waals surface area contributed by atoms with E-state index in [2.05, 4.69) is 21.4 Å². The fourth-order valence-corrected chi connectivity index (χ4v) is 2.24. The SMILES string of the molecule is CCn1c(C(C)N)cnc1CN1CCOCC1. The van der Waals surface area contributed by atoms with Crippen LogP contribution in [0.1, 0.15) is 31.4 Å². The molecule has 1 saturated heterocycles. The Morgan fingerprint density at radius 3 is 2.76 bits per heavy atom. The predicted octanol–water partition coefficient (Wildman–Crippen LogP) is 0.755. The lowest BCUT2D eigenvalue weighted by molar-refractivity contribution is 0.0326. The minimum Gasteiger partial charge on any atom is -0.379 e. The molecule has 0 amide bonds. The maximum Gasteiger partial charge on any atom is 0.123 e. The number of ether oxygens (including phenoxy) is 1.